The number of rotatable bonds is 8. The zero-order valence-electron chi connectivity index (χ0n) is 20.7. The van der Waals surface area contributed by atoms with E-state index in [0.717, 1.165) is 7.11 Å². The Morgan fingerprint density at radius 1 is 0.939 bits per heavy atom. The predicted octanol–water partition coefficient (Wildman–Crippen LogP) is 3.39. The summed E-state index contributed by atoms with van der Waals surface area (Å²) in [4.78, 5) is 52.2. The van der Waals surface area contributed by atoms with Crippen LogP contribution in [0, 0.1) is 5.92 Å². The highest BCUT2D eigenvalue weighted by Gasteiger charge is 2.73. The predicted molar refractivity (Wildman–Crippen MR) is 116 cm³/mol. The van der Waals surface area contributed by atoms with Gasteiger partial charge in [0.1, 0.15) is 11.2 Å². The Morgan fingerprint density at radius 3 is 1.70 bits per heavy atom. The van der Waals surface area contributed by atoms with E-state index in [1.54, 1.807) is 55.4 Å². The van der Waals surface area contributed by atoms with E-state index in [4.69, 9.17) is 23.3 Å². The van der Waals surface area contributed by atoms with Gasteiger partial charge in [0, 0.05) is 0 Å². The van der Waals surface area contributed by atoms with Crippen molar-refractivity contribution in [2.45, 2.75) is 78.6 Å². The molecule has 1 N–H and O–H groups in total. The highest BCUT2D eigenvalue weighted by molar-refractivity contribution is 7.52. The van der Waals surface area contributed by atoms with Crippen molar-refractivity contribution in [1.82, 2.24) is 9.99 Å². The van der Waals surface area contributed by atoms with E-state index < -0.39 is 54.5 Å². The Morgan fingerprint density at radius 2 is 1.36 bits per heavy atom. The van der Waals surface area contributed by atoms with Gasteiger partial charge in [0.05, 0.1) is 26.2 Å². The first-order valence-electron chi connectivity index (χ1n) is 10.5. The van der Waals surface area contributed by atoms with Crippen LogP contribution in [-0.2, 0) is 37.4 Å². The molecule has 2 atom stereocenters. The molecule has 0 saturated heterocycles. The minimum Gasteiger partial charge on any atom is -0.467 e. The van der Waals surface area contributed by atoms with Gasteiger partial charge < -0.3 is 14.2 Å². The maximum atomic E-state index is 13.0. The van der Waals surface area contributed by atoms with Crippen molar-refractivity contribution in [3.05, 3.63) is 0 Å². The maximum Gasteiger partial charge on any atom is 0.434 e. The van der Waals surface area contributed by atoms with Crippen molar-refractivity contribution in [2.24, 2.45) is 5.92 Å². The molecule has 0 spiro atoms. The first-order chi connectivity index (χ1) is 15.0. The van der Waals surface area contributed by atoms with Crippen LogP contribution in [-0.4, -0.2) is 66.0 Å². The van der Waals surface area contributed by atoms with Crippen molar-refractivity contribution < 1.29 is 47.0 Å². The summed E-state index contributed by atoms with van der Waals surface area (Å²) in [5.74, 6) is -3.27. The fourth-order valence-electron chi connectivity index (χ4n) is 2.97. The quantitative estimate of drug-likeness (QED) is 0.302. The largest absolute Gasteiger partial charge is 0.467 e. The molecule has 1 rings (SSSR count). The van der Waals surface area contributed by atoms with E-state index >= 15 is 0 Å². The molecule has 0 unspecified atom stereocenters. The van der Waals surface area contributed by atoms with Crippen LogP contribution in [0.1, 0.15) is 61.8 Å². The van der Waals surface area contributed by atoms with Crippen LogP contribution in [0.4, 0.5) is 9.59 Å². The van der Waals surface area contributed by atoms with Gasteiger partial charge in [-0.25, -0.2) is 18.9 Å². The van der Waals surface area contributed by atoms with E-state index in [-0.39, 0.29) is 19.6 Å². The van der Waals surface area contributed by atoms with Crippen LogP contribution in [0.2, 0.25) is 0 Å². The van der Waals surface area contributed by atoms with Crippen LogP contribution in [0.25, 0.3) is 0 Å². The minimum absolute atomic E-state index is 0.0215. The Hall–Kier alpha value is -2.17. The van der Waals surface area contributed by atoms with Gasteiger partial charge in [0.25, 0.3) is 0 Å². The normalized spacial score (nSPS) is 20.5. The number of hydrogen-bond acceptors (Lipinski definition) is 10. The molecule has 1 aliphatic rings. The summed E-state index contributed by atoms with van der Waals surface area (Å²) in [5.41, 5.74) is -4.12. The van der Waals surface area contributed by atoms with E-state index in [1.165, 1.54) is 0 Å². The average Bonchev–Trinajstić information content (AvgIpc) is 3.34. The third-order valence-electron chi connectivity index (χ3n) is 4.18. The highest BCUT2D eigenvalue weighted by atomic mass is 31.2. The summed E-state index contributed by atoms with van der Waals surface area (Å²) in [5, 5.41) is 2.15. The molecule has 13 heteroatoms. The molecule has 0 aromatic carbocycles. The molecule has 0 aliphatic heterocycles. The van der Waals surface area contributed by atoms with Crippen LogP contribution < -0.4 is 5.09 Å². The molecule has 0 radical (unpaired) electrons. The lowest BCUT2D eigenvalue weighted by atomic mass is 10.1. The molecule has 0 aromatic rings. The van der Waals surface area contributed by atoms with E-state index in [0.29, 0.717) is 4.90 Å². The minimum atomic E-state index is -4.03. The molecule has 0 bridgehead atoms. The third kappa shape index (κ3) is 7.41. The number of hydrogen-bond donors (Lipinski definition) is 1. The van der Waals surface area contributed by atoms with Crippen LogP contribution in [0.3, 0.4) is 0 Å². The number of carbonyl (C=O) groups excluding carboxylic acids is 4. The van der Waals surface area contributed by atoms with Gasteiger partial charge in [-0.1, -0.05) is 0 Å². The van der Waals surface area contributed by atoms with Crippen LogP contribution in [0.5, 0.6) is 0 Å². The first-order valence-corrected chi connectivity index (χ1v) is 12.1. The van der Waals surface area contributed by atoms with Gasteiger partial charge >= 0.3 is 25.9 Å². The summed E-state index contributed by atoms with van der Waals surface area (Å²) in [6.07, 6.45) is -2.70. The molecule has 3 amide bonds. The standard InChI is InChI=1S/C20H35N2O10P/c1-10-29-33(27,30-11-2)21-14(23)13-12-20(13,15(24)28-9)22(16(25)31-18(3,4)5)17(26)32-19(6,7)8/h13H,10-12H2,1-9H3,(H,21,23,27)/t13-,20+/m1/s1. The second-order valence-corrected chi connectivity index (χ2v) is 11.0. The molecule has 33 heavy (non-hydrogen) atoms. The van der Waals surface area contributed by atoms with Crippen molar-refractivity contribution in [3.8, 4) is 0 Å². The molecular weight excluding hydrogens is 459 g/mol. The zero-order valence-corrected chi connectivity index (χ0v) is 21.6. The molecule has 0 heterocycles. The van der Waals surface area contributed by atoms with Crippen molar-refractivity contribution in [2.75, 3.05) is 20.3 Å². The number of nitrogens with zero attached hydrogens (tertiary/aromatic N) is 1. The zero-order chi connectivity index (χ0) is 25.8. The van der Waals surface area contributed by atoms with Gasteiger partial charge in [-0.15, -0.1) is 0 Å². The lowest BCUT2D eigenvalue weighted by Crippen LogP contribution is -2.56. The van der Waals surface area contributed by atoms with E-state index in [2.05, 4.69) is 5.09 Å². The van der Waals surface area contributed by atoms with Gasteiger partial charge in [0.2, 0.25) is 5.91 Å². The maximum absolute atomic E-state index is 13.0. The molecular formula is C20H35N2O10P. The number of nitrogens with one attached hydrogen (secondary N) is 1. The third-order valence-corrected chi connectivity index (χ3v) is 5.87. The smallest absolute Gasteiger partial charge is 0.434 e. The monoisotopic (exact) mass is 494 g/mol. The second kappa shape index (κ2) is 10.4. The summed E-state index contributed by atoms with van der Waals surface area (Å²) < 4.78 is 38.3. The average molecular weight is 494 g/mol. The molecule has 1 fully saturated rings. The number of amides is 3. The van der Waals surface area contributed by atoms with Gasteiger partial charge in [-0.2, -0.15) is 4.90 Å². The lowest BCUT2D eigenvalue weighted by Gasteiger charge is -2.33. The molecule has 190 valence electrons. The molecule has 1 aliphatic carbocycles. The lowest BCUT2D eigenvalue weighted by molar-refractivity contribution is -0.150. The van der Waals surface area contributed by atoms with Crippen LogP contribution >= 0.6 is 7.75 Å². The molecule has 12 nitrogen and oxygen atoms in total. The Labute approximate surface area is 194 Å². The van der Waals surface area contributed by atoms with E-state index in [1.807, 2.05) is 0 Å². The van der Waals surface area contributed by atoms with Gasteiger partial charge in [0.15, 0.2) is 5.54 Å². The van der Waals surface area contributed by atoms with E-state index in [9.17, 15) is 23.7 Å². The summed E-state index contributed by atoms with van der Waals surface area (Å²) in [6.45, 7) is 12.5. The van der Waals surface area contributed by atoms with Gasteiger partial charge in [-0.05, 0) is 61.8 Å². The Balaban J connectivity index is 3.41. The molecule has 1 saturated carbocycles. The Bertz CT molecular complexity index is 779. The van der Waals surface area contributed by atoms with Gasteiger partial charge in [-0.3, -0.25) is 18.9 Å². The number of carbonyl (C=O) groups is 4. The summed E-state index contributed by atoms with van der Waals surface area (Å²) in [7, 11) is -2.98. The number of imide groups is 1. The highest BCUT2D eigenvalue weighted by Crippen LogP contribution is 2.53. The topological polar surface area (TPSA) is 147 Å². The first kappa shape index (κ1) is 28.9. The second-order valence-electron chi connectivity index (χ2n) is 9.28. The van der Waals surface area contributed by atoms with Crippen molar-refractivity contribution >= 4 is 31.8 Å². The Kier molecular flexibility index (Phi) is 9.09. The summed E-state index contributed by atoms with van der Waals surface area (Å²) in [6, 6.07) is 0. The van der Waals surface area contributed by atoms with Crippen LogP contribution in [0.15, 0.2) is 0 Å². The fourth-order valence-corrected chi connectivity index (χ4v) is 4.28. The number of ether oxygens (including phenoxy) is 3. The summed E-state index contributed by atoms with van der Waals surface area (Å²) >= 11 is 0. The van der Waals surface area contributed by atoms with Crippen molar-refractivity contribution in [1.29, 1.82) is 0 Å². The SMILES string of the molecule is CCOP(=O)(NC(=O)[C@H]1C[C@]1(C(=O)OC)N(C(=O)OC(C)(C)C)C(=O)OC(C)(C)C)OCC. The fraction of sp³-hybridized carbons (Fsp3) is 0.800. The molecule has 0 aromatic heterocycles. The van der Waals surface area contributed by atoms with Crippen molar-refractivity contribution in [3.63, 3.8) is 0 Å². The number of methoxy groups -OCH3 is 1. The number of esters is 1.